The van der Waals surface area contributed by atoms with Gasteiger partial charge in [0, 0.05) is 36.8 Å². The van der Waals surface area contributed by atoms with E-state index in [0.29, 0.717) is 16.7 Å². The van der Waals surface area contributed by atoms with E-state index in [1.54, 1.807) is 17.1 Å². The lowest BCUT2D eigenvalue weighted by Crippen LogP contribution is -2.38. The molecule has 1 amide bonds. The second kappa shape index (κ2) is 8.07. The zero-order valence-corrected chi connectivity index (χ0v) is 16.8. The van der Waals surface area contributed by atoms with Gasteiger partial charge in [-0.25, -0.2) is 9.67 Å². The average molecular weight is 421 g/mol. The Bertz CT molecular complexity index is 1100. The molecule has 0 aromatic carbocycles. The van der Waals surface area contributed by atoms with Crippen molar-refractivity contribution in [3.63, 3.8) is 0 Å². The smallest absolute Gasteiger partial charge is 0.229 e. The zero-order valence-electron chi connectivity index (χ0n) is 16.0. The summed E-state index contributed by atoms with van der Waals surface area (Å²) in [5.41, 5.74) is 0.729. The molecule has 5 heterocycles. The third-order valence-corrected chi connectivity index (χ3v) is 5.83. The van der Waals surface area contributed by atoms with Crippen LogP contribution in [0.3, 0.4) is 0 Å². The molecule has 9 nitrogen and oxygen atoms in total. The number of carbonyl (C=O) groups is 1. The fourth-order valence-electron chi connectivity index (χ4n) is 3.46. The van der Waals surface area contributed by atoms with Gasteiger partial charge in [0.2, 0.25) is 5.91 Å². The highest BCUT2D eigenvalue weighted by atomic mass is 32.1. The second-order valence-corrected chi connectivity index (χ2v) is 7.82. The first-order valence-electron chi connectivity index (χ1n) is 9.65. The molecule has 10 heteroatoms. The van der Waals surface area contributed by atoms with Crippen molar-refractivity contribution in [2.75, 3.05) is 23.3 Å². The van der Waals surface area contributed by atoms with Gasteiger partial charge in [0.15, 0.2) is 22.5 Å². The summed E-state index contributed by atoms with van der Waals surface area (Å²) >= 11 is 1.40. The maximum Gasteiger partial charge on any atom is 0.229 e. The standard InChI is InChI=1S/C20H19N7O2S/c28-19(23-20-22-15(13-30-20)16-3-1-12-29-16)14-6-10-26(11-7-14)17-4-5-18(25-24-17)27-9-2-8-21-27/h1-5,8-9,12-14H,6-7,10-11H2,(H,22,23,28). The van der Waals surface area contributed by atoms with E-state index < -0.39 is 0 Å². The third kappa shape index (κ3) is 3.81. The number of thiazole rings is 1. The Hall–Kier alpha value is -3.53. The Morgan fingerprint density at radius 3 is 2.67 bits per heavy atom. The molecule has 0 spiro atoms. The number of piperidine rings is 1. The molecule has 152 valence electrons. The van der Waals surface area contributed by atoms with Crippen molar-refractivity contribution in [2.45, 2.75) is 12.8 Å². The predicted molar refractivity (Wildman–Crippen MR) is 113 cm³/mol. The Balaban J connectivity index is 1.16. The number of carbonyl (C=O) groups excluding carboxylic acids is 1. The summed E-state index contributed by atoms with van der Waals surface area (Å²) in [5.74, 6) is 2.14. The highest BCUT2D eigenvalue weighted by molar-refractivity contribution is 7.14. The van der Waals surface area contributed by atoms with Gasteiger partial charge in [-0.05, 0) is 43.2 Å². The molecule has 0 aliphatic carbocycles. The van der Waals surface area contributed by atoms with Crippen molar-refractivity contribution < 1.29 is 9.21 Å². The number of anilines is 2. The molecule has 1 aliphatic heterocycles. The number of nitrogens with one attached hydrogen (secondary N) is 1. The van der Waals surface area contributed by atoms with Gasteiger partial charge in [0.25, 0.3) is 0 Å². The van der Waals surface area contributed by atoms with Crippen molar-refractivity contribution in [3.05, 3.63) is 54.4 Å². The summed E-state index contributed by atoms with van der Waals surface area (Å²) in [6, 6.07) is 9.34. The van der Waals surface area contributed by atoms with Crippen LogP contribution in [0.5, 0.6) is 0 Å². The van der Waals surface area contributed by atoms with Crippen LogP contribution < -0.4 is 10.2 Å². The monoisotopic (exact) mass is 421 g/mol. The lowest BCUT2D eigenvalue weighted by molar-refractivity contribution is -0.120. The predicted octanol–water partition coefficient (Wildman–Crippen LogP) is 3.23. The highest BCUT2D eigenvalue weighted by Crippen LogP contribution is 2.27. The van der Waals surface area contributed by atoms with Crippen molar-refractivity contribution in [1.82, 2.24) is 25.0 Å². The van der Waals surface area contributed by atoms with E-state index in [2.05, 4.69) is 30.5 Å². The summed E-state index contributed by atoms with van der Waals surface area (Å²) in [6.45, 7) is 1.51. The Morgan fingerprint density at radius 1 is 1.13 bits per heavy atom. The van der Waals surface area contributed by atoms with Gasteiger partial charge in [-0.15, -0.1) is 21.5 Å². The molecule has 1 fully saturated rings. The van der Waals surface area contributed by atoms with Crippen molar-refractivity contribution >= 4 is 28.2 Å². The topological polar surface area (TPSA) is 102 Å². The number of hydrogen-bond acceptors (Lipinski definition) is 8. The number of furan rings is 1. The van der Waals surface area contributed by atoms with Gasteiger partial charge in [-0.1, -0.05) is 0 Å². The number of rotatable bonds is 5. The molecule has 1 saturated heterocycles. The van der Waals surface area contributed by atoms with E-state index in [4.69, 9.17) is 4.42 Å². The first-order chi connectivity index (χ1) is 14.8. The summed E-state index contributed by atoms with van der Waals surface area (Å²) in [6.07, 6.45) is 6.65. The van der Waals surface area contributed by atoms with Crippen LogP contribution in [0.15, 0.2) is 58.8 Å². The minimum Gasteiger partial charge on any atom is -0.463 e. The molecule has 4 aromatic heterocycles. The van der Waals surface area contributed by atoms with E-state index in [1.807, 2.05) is 41.9 Å². The molecule has 1 aliphatic rings. The molecule has 0 atom stereocenters. The van der Waals surface area contributed by atoms with Crippen molar-refractivity contribution in [3.8, 4) is 17.3 Å². The van der Waals surface area contributed by atoms with Gasteiger partial charge in [-0.3, -0.25) is 4.79 Å². The van der Waals surface area contributed by atoms with Crippen molar-refractivity contribution in [2.24, 2.45) is 5.92 Å². The number of nitrogens with zero attached hydrogens (tertiary/aromatic N) is 6. The quantitative estimate of drug-likeness (QED) is 0.528. The SMILES string of the molecule is O=C(Nc1nc(-c2ccco2)cs1)C1CCN(c2ccc(-n3cccn3)nn2)CC1. The van der Waals surface area contributed by atoms with Gasteiger partial charge in [0.1, 0.15) is 5.69 Å². The first-order valence-corrected chi connectivity index (χ1v) is 10.5. The van der Waals surface area contributed by atoms with Gasteiger partial charge < -0.3 is 14.6 Å². The fourth-order valence-corrected chi connectivity index (χ4v) is 4.16. The Morgan fingerprint density at radius 2 is 1.97 bits per heavy atom. The van der Waals surface area contributed by atoms with Crippen LogP contribution in [-0.2, 0) is 4.79 Å². The fraction of sp³-hybridized carbons (Fsp3) is 0.250. The summed E-state index contributed by atoms with van der Waals surface area (Å²) < 4.78 is 7.02. The molecule has 0 bridgehead atoms. The minimum absolute atomic E-state index is 0.00936. The first kappa shape index (κ1) is 18.5. The van der Waals surface area contributed by atoms with E-state index in [0.717, 1.165) is 37.4 Å². The van der Waals surface area contributed by atoms with E-state index in [9.17, 15) is 4.79 Å². The highest BCUT2D eigenvalue weighted by Gasteiger charge is 2.26. The van der Waals surface area contributed by atoms with Crippen molar-refractivity contribution in [1.29, 1.82) is 0 Å². The van der Waals surface area contributed by atoms with Gasteiger partial charge in [0.05, 0.1) is 6.26 Å². The zero-order chi connectivity index (χ0) is 20.3. The van der Waals surface area contributed by atoms with Crippen LogP contribution in [0.2, 0.25) is 0 Å². The van der Waals surface area contributed by atoms with Gasteiger partial charge in [-0.2, -0.15) is 5.10 Å². The van der Waals surface area contributed by atoms with E-state index >= 15 is 0 Å². The molecule has 0 unspecified atom stereocenters. The summed E-state index contributed by atoms with van der Waals surface area (Å²) in [4.78, 5) is 19.2. The molecule has 4 aromatic rings. The van der Waals surface area contributed by atoms with Crippen LogP contribution in [0.4, 0.5) is 10.9 Å². The number of aromatic nitrogens is 5. The molecule has 0 saturated carbocycles. The summed E-state index contributed by atoms with van der Waals surface area (Å²) in [7, 11) is 0. The van der Waals surface area contributed by atoms with Crippen LogP contribution in [0, 0.1) is 5.92 Å². The van der Waals surface area contributed by atoms with Crippen LogP contribution in [-0.4, -0.2) is 44.0 Å². The largest absolute Gasteiger partial charge is 0.463 e. The molecule has 1 N–H and O–H groups in total. The van der Waals surface area contributed by atoms with Crippen LogP contribution in [0.1, 0.15) is 12.8 Å². The van der Waals surface area contributed by atoms with Crippen LogP contribution >= 0.6 is 11.3 Å². The maximum absolute atomic E-state index is 12.7. The molecule has 30 heavy (non-hydrogen) atoms. The lowest BCUT2D eigenvalue weighted by atomic mass is 9.96. The molecular formula is C20H19N7O2S. The minimum atomic E-state index is -0.0477. The second-order valence-electron chi connectivity index (χ2n) is 6.97. The Kier molecular flexibility index (Phi) is 4.98. The molecular weight excluding hydrogens is 402 g/mol. The molecule has 0 radical (unpaired) electrons. The maximum atomic E-state index is 12.7. The number of amides is 1. The van der Waals surface area contributed by atoms with Gasteiger partial charge >= 0.3 is 0 Å². The number of hydrogen-bond donors (Lipinski definition) is 1. The lowest BCUT2D eigenvalue weighted by Gasteiger charge is -2.31. The third-order valence-electron chi connectivity index (χ3n) is 5.07. The van der Waals surface area contributed by atoms with E-state index in [-0.39, 0.29) is 11.8 Å². The normalized spacial score (nSPS) is 14.7. The van der Waals surface area contributed by atoms with E-state index in [1.165, 1.54) is 11.3 Å². The molecule has 5 rings (SSSR count). The Labute approximate surface area is 176 Å². The average Bonchev–Trinajstić information content (AvgIpc) is 3.56. The summed E-state index contributed by atoms with van der Waals surface area (Å²) in [5, 5.41) is 18.1. The van der Waals surface area contributed by atoms with Crippen LogP contribution in [0.25, 0.3) is 17.3 Å².